The lowest BCUT2D eigenvalue weighted by Gasteiger charge is -2.14. The van der Waals surface area contributed by atoms with Gasteiger partial charge in [0, 0.05) is 12.2 Å². The van der Waals surface area contributed by atoms with Gasteiger partial charge < -0.3 is 20.1 Å². The zero-order chi connectivity index (χ0) is 25.3. The minimum atomic E-state index is -0.369. The van der Waals surface area contributed by atoms with Crippen LogP contribution in [0.3, 0.4) is 0 Å². The second-order valence-corrected chi connectivity index (χ2v) is 9.27. The number of hydrogen-bond donors (Lipinski definition) is 2. The largest absolute Gasteiger partial charge is 0.493 e. The molecule has 1 heterocycles. The van der Waals surface area contributed by atoms with Crippen molar-refractivity contribution in [2.45, 2.75) is 23.8 Å². The number of nitrogens with zero attached hydrogens (tertiary/aromatic N) is 3. The summed E-state index contributed by atoms with van der Waals surface area (Å²) in [4.78, 5) is 12.9. The zero-order valence-corrected chi connectivity index (χ0v) is 21.3. The van der Waals surface area contributed by atoms with Gasteiger partial charge in [0.1, 0.15) is 0 Å². The number of aromatic nitrogens is 3. The van der Waals surface area contributed by atoms with Crippen LogP contribution in [0.2, 0.25) is 0 Å². The molecule has 3 aromatic carbocycles. The quantitative estimate of drug-likeness (QED) is 0.282. The van der Waals surface area contributed by atoms with Gasteiger partial charge in [0.25, 0.3) is 0 Å². The standard InChI is InChI=1S/C27H29N5O3S/c1-19(25(33)28-17-16-20-14-15-23(34-2)24(18-20)35-3)36-27-31-30-26(29-21-10-6-4-7-11-21)32(27)22-12-8-5-9-13-22/h4-15,18-19H,16-17H2,1-3H3,(H,28,33)(H,29,30). The second-order valence-electron chi connectivity index (χ2n) is 7.96. The van der Waals surface area contributed by atoms with Crippen molar-refractivity contribution < 1.29 is 14.3 Å². The Hall–Kier alpha value is -3.98. The highest BCUT2D eigenvalue weighted by Crippen LogP contribution is 2.30. The Bertz CT molecular complexity index is 1280. The predicted octanol–water partition coefficient (Wildman–Crippen LogP) is 4.87. The van der Waals surface area contributed by atoms with Gasteiger partial charge in [-0.1, -0.05) is 54.2 Å². The Labute approximate surface area is 215 Å². The lowest BCUT2D eigenvalue weighted by molar-refractivity contribution is -0.120. The van der Waals surface area contributed by atoms with E-state index < -0.39 is 0 Å². The van der Waals surface area contributed by atoms with Crippen LogP contribution in [0.1, 0.15) is 12.5 Å². The SMILES string of the molecule is COc1ccc(CCNC(=O)C(C)Sc2nnc(Nc3ccccc3)n2-c2ccccc2)cc1OC. The zero-order valence-electron chi connectivity index (χ0n) is 20.5. The molecule has 1 aromatic heterocycles. The molecular formula is C27H29N5O3S. The van der Waals surface area contributed by atoms with E-state index in [1.54, 1.807) is 14.2 Å². The van der Waals surface area contributed by atoms with Crippen molar-refractivity contribution in [2.24, 2.45) is 0 Å². The summed E-state index contributed by atoms with van der Waals surface area (Å²) >= 11 is 1.36. The molecule has 0 saturated carbocycles. The van der Waals surface area contributed by atoms with E-state index in [1.807, 2.05) is 90.4 Å². The molecule has 1 atom stereocenters. The Morgan fingerprint density at radius 1 is 0.944 bits per heavy atom. The number of thioether (sulfide) groups is 1. The van der Waals surface area contributed by atoms with Gasteiger partial charge in [-0.2, -0.15) is 0 Å². The normalized spacial score (nSPS) is 11.5. The van der Waals surface area contributed by atoms with Gasteiger partial charge in [0.15, 0.2) is 16.7 Å². The summed E-state index contributed by atoms with van der Waals surface area (Å²) < 4.78 is 12.6. The first kappa shape index (κ1) is 25.1. The van der Waals surface area contributed by atoms with Crippen LogP contribution in [-0.4, -0.2) is 46.7 Å². The number of carbonyl (C=O) groups excluding carboxylic acids is 1. The van der Waals surface area contributed by atoms with E-state index in [2.05, 4.69) is 20.8 Å². The number of methoxy groups -OCH3 is 2. The fraction of sp³-hybridized carbons (Fsp3) is 0.222. The van der Waals surface area contributed by atoms with E-state index >= 15 is 0 Å². The Balaban J connectivity index is 1.42. The molecule has 0 saturated heterocycles. The molecule has 0 aliphatic rings. The molecule has 9 heteroatoms. The van der Waals surface area contributed by atoms with Crippen molar-refractivity contribution in [2.75, 3.05) is 26.1 Å². The van der Waals surface area contributed by atoms with Crippen LogP contribution < -0.4 is 20.1 Å². The van der Waals surface area contributed by atoms with Crippen LogP contribution >= 0.6 is 11.8 Å². The summed E-state index contributed by atoms with van der Waals surface area (Å²) in [6, 6.07) is 25.4. The second kappa shape index (κ2) is 12.1. The molecule has 0 aliphatic heterocycles. The summed E-state index contributed by atoms with van der Waals surface area (Å²) in [5, 5.41) is 15.3. The third-order valence-electron chi connectivity index (χ3n) is 5.49. The Morgan fingerprint density at radius 2 is 1.64 bits per heavy atom. The minimum Gasteiger partial charge on any atom is -0.493 e. The molecule has 1 unspecified atom stereocenters. The number of ether oxygens (including phenoxy) is 2. The summed E-state index contributed by atoms with van der Waals surface area (Å²) in [6.07, 6.45) is 0.675. The van der Waals surface area contributed by atoms with Crippen LogP contribution in [0, 0.1) is 0 Å². The van der Waals surface area contributed by atoms with Crippen LogP contribution in [-0.2, 0) is 11.2 Å². The molecule has 186 valence electrons. The van der Waals surface area contributed by atoms with Crippen molar-refractivity contribution in [3.05, 3.63) is 84.4 Å². The maximum Gasteiger partial charge on any atom is 0.234 e. The van der Waals surface area contributed by atoms with Crippen molar-refractivity contribution in [3.8, 4) is 17.2 Å². The number of nitrogens with one attached hydrogen (secondary N) is 2. The van der Waals surface area contributed by atoms with E-state index in [0.29, 0.717) is 35.6 Å². The molecule has 8 nitrogen and oxygen atoms in total. The first-order chi connectivity index (χ1) is 17.6. The average Bonchev–Trinajstić information content (AvgIpc) is 3.31. The monoisotopic (exact) mass is 503 g/mol. The number of carbonyl (C=O) groups is 1. The van der Waals surface area contributed by atoms with E-state index in [-0.39, 0.29) is 11.2 Å². The summed E-state index contributed by atoms with van der Waals surface area (Å²) in [5.74, 6) is 1.86. The van der Waals surface area contributed by atoms with Crippen LogP contribution in [0.25, 0.3) is 5.69 Å². The number of anilines is 2. The highest BCUT2D eigenvalue weighted by atomic mass is 32.2. The summed E-state index contributed by atoms with van der Waals surface area (Å²) in [6.45, 7) is 2.37. The third kappa shape index (κ3) is 6.17. The molecule has 0 fully saturated rings. The number of para-hydroxylation sites is 2. The van der Waals surface area contributed by atoms with Gasteiger partial charge in [-0.15, -0.1) is 10.2 Å². The molecular weight excluding hydrogens is 474 g/mol. The van der Waals surface area contributed by atoms with Crippen molar-refractivity contribution >= 4 is 29.3 Å². The van der Waals surface area contributed by atoms with E-state index in [4.69, 9.17) is 9.47 Å². The van der Waals surface area contributed by atoms with E-state index in [9.17, 15) is 4.79 Å². The summed E-state index contributed by atoms with van der Waals surface area (Å²) in [5.41, 5.74) is 2.86. The molecule has 0 radical (unpaired) electrons. The molecule has 4 rings (SSSR count). The van der Waals surface area contributed by atoms with Gasteiger partial charge in [-0.3, -0.25) is 9.36 Å². The average molecular weight is 504 g/mol. The molecule has 0 aliphatic carbocycles. The lowest BCUT2D eigenvalue weighted by Crippen LogP contribution is -2.32. The van der Waals surface area contributed by atoms with E-state index in [1.165, 1.54) is 11.8 Å². The molecule has 0 spiro atoms. The smallest absolute Gasteiger partial charge is 0.234 e. The molecule has 4 aromatic rings. The van der Waals surface area contributed by atoms with Crippen molar-refractivity contribution in [1.29, 1.82) is 0 Å². The van der Waals surface area contributed by atoms with Crippen molar-refractivity contribution in [1.82, 2.24) is 20.1 Å². The van der Waals surface area contributed by atoms with Gasteiger partial charge in [-0.25, -0.2) is 0 Å². The lowest BCUT2D eigenvalue weighted by atomic mass is 10.1. The number of benzene rings is 3. The van der Waals surface area contributed by atoms with Crippen LogP contribution in [0.4, 0.5) is 11.6 Å². The topological polar surface area (TPSA) is 90.3 Å². The molecule has 2 N–H and O–H groups in total. The maximum atomic E-state index is 12.9. The van der Waals surface area contributed by atoms with Gasteiger partial charge in [0.2, 0.25) is 11.9 Å². The fourth-order valence-electron chi connectivity index (χ4n) is 3.61. The maximum absolute atomic E-state index is 12.9. The van der Waals surface area contributed by atoms with Crippen LogP contribution in [0.15, 0.2) is 84.0 Å². The van der Waals surface area contributed by atoms with E-state index in [0.717, 1.165) is 16.9 Å². The number of rotatable bonds is 11. The Kier molecular flexibility index (Phi) is 8.46. The minimum absolute atomic E-state index is 0.0688. The predicted molar refractivity (Wildman–Crippen MR) is 143 cm³/mol. The van der Waals surface area contributed by atoms with Gasteiger partial charge in [0.05, 0.1) is 25.2 Å². The highest BCUT2D eigenvalue weighted by molar-refractivity contribution is 8.00. The first-order valence-corrected chi connectivity index (χ1v) is 12.4. The van der Waals surface area contributed by atoms with Crippen LogP contribution in [0.5, 0.6) is 11.5 Å². The molecule has 1 amide bonds. The van der Waals surface area contributed by atoms with Gasteiger partial charge >= 0.3 is 0 Å². The molecule has 36 heavy (non-hydrogen) atoms. The Morgan fingerprint density at radius 3 is 2.33 bits per heavy atom. The summed E-state index contributed by atoms with van der Waals surface area (Å²) in [7, 11) is 3.22. The van der Waals surface area contributed by atoms with Crippen molar-refractivity contribution in [3.63, 3.8) is 0 Å². The van der Waals surface area contributed by atoms with Gasteiger partial charge in [-0.05, 0) is 55.3 Å². The molecule has 0 bridgehead atoms. The fourth-order valence-corrected chi connectivity index (χ4v) is 4.50. The third-order valence-corrected chi connectivity index (χ3v) is 6.53. The number of hydrogen-bond acceptors (Lipinski definition) is 7. The number of amides is 1. The highest BCUT2D eigenvalue weighted by Gasteiger charge is 2.21. The first-order valence-electron chi connectivity index (χ1n) is 11.6.